The number of thiazole rings is 1. The number of halogens is 1. The molecule has 2 aromatic carbocycles. The number of fused-ring (bicyclic) bond motifs is 1. The quantitative estimate of drug-likeness (QED) is 0.624. The van der Waals surface area contributed by atoms with Gasteiger partial charge in [-0.15, -0.1) is 0 Å². The molecular weight excluding hydrogens is 393 g/mol. The fraction of sp³-hybridized carbons (Fsp3) is 0.286. The number of phenolic OH excluding ortho intramolecular Hbond substituents is 1. The Kier molecular flexibility index (Phi) is 5.55. The third-order valence-corrected chi connectivity index (χ3v) is 6.01. The molecule has 0 atom stereocenters. The summed E-state index contributed by atoms with van der Waals surface area (Å²) in [6.07, 6.45) is 1.38. The van der Waals surface area contributed by atoms with E-state index in [4.69, 9.17) is 0 Å². The molecule has 0 unspecified atom stereocenters. The molecule has 0 saturated carbocycles. The Morgan fingerprint density at radius 2 is 1.90 bits per heavy atom. The molecule has 1 amide bonds. The van der Waals surface area contributed by atoms with Gasteiger partial charge in [-0.05, 0) is 68.4 Å². The molecule has 0 radical (unpaired) electrons. The van der Waals surface area contributed by atoms with Crippen LogP contribution in [0.25, 0.3) is 10.2 Å². The van der Waals surface area contributed by atoms with Gasteiger partial charge in [0.15, 0.2) is 10.9 Å². The van der Waals surface area contributed by atoms with Crippen LogP contribution in [-0.2, 0) is 4.79 Å². The molecule has 1 aliphatic heterocycles. The predicted molar refractivity (Wildman–Crippen MR) is 110 cm³/mol. The maximum Gasteiger partial charge on any atom is 0.240 e. The summed E-state index contributed by atoms with van der Waals surface area (Å²) < 4.78 is 14.0. The van der Waals surface area contributed by atoms with Crippen LogP contribution in [0, 0.1) is 11.7 Å². The molecule has 0 spiro atoms. The van der Waals surface area contributed by atoms with Crippen molar-refractivity contribution < 1.29 is 19.1 Å². The Morgan fingerprint density at radius 3 is 2.62 bits per heavy atom. The van der Waals surface area contributed by atoms with E-state index in [2.05, 4.69) is 10.3 Å². The Morgan fingerprint density at radius 1 is 1.17 bits per heavy atom. The molecule has 1 aromatic heterocycles. The first-order valence-corrected chi connectivity index (χ1v) is 10.2. The van der Waals surface area contributed by atoms with Crippen LogP contribution in [0.1, 0.15) is 23.2 Å². The summed E-state index contributed by atoms with van der Waals surface area (Å²) in [7, 11) is 0. The molecule has 0 bridgehead atoms. The van der Waals surface area contributed by atoms with Crippen molar-refractivity contribution in [3.05, 3.63) is 53.8 Å². The smallest absolute Gasteiger partial charge is 0.240 e. The first kappa shape index (κ1) is 19.5. The number of benzene rings is 2. The number of hydrogen-bond acceptors (Lipinski definition) is 6. The highest BCUT2D eigenvalue weighted by Gasteiger charge is 2.26. The maximum absolute atomic E-state index is 13.3. The monoisotopic (exact) mass is 413 g/mol. The van der Waals surface area contributed by atoms with Crippen molar-refractivity contribution in [2.24, 2.45) is 5.92 Å². The standard InChI is InChI=1S/C21H20FN3O3S/c22-15-3-6-17-18(11-15)29-21(23-17)24-19(27)12-25-9-7-14(8-10-25)20(28)13-1-4-16(26)5-2-13/h1-6,11,14,26H,7-10,12H2,(H,23,24,27). The minimum Gasteiger partial charge on any atom is -0.508 e. The molecule has 0 aliphatic carbocycles. The normalized spacial score (nSPS) is 15.5. The van der Waals surface area contributed by atoms with E-state index in [-0.39, 0.29) is 35.7 Å². The highest BCUT2D eigenvalue weighted by atomic mass is 32.1. The van der Waals surface area contributed by atoms with Gasteiger partial charge < -0.3 is 10.4 Å². The topological polar surface area (TPSA) is 82.5 Å². The number of carbonyl (C=O) groups excluding carboxylic acids is 2. The third-order valence-electron chi connectivity index (χ3n) is 5.07. The highest BCUT2D eigenvalue weighted by molar-refractivity contribution is 7.22. The number of carbonyl (C=O) groups is 2. The van der Waals surface area contributed by atoms with Crippen molar-refractivity contribution in [2.75, 3.05) is 25.0 Å². The van der Waals surface area contributed by atoms with Gasteiger partial charge in [0.2, 0.25) is 5.91 Å². The fourth-order valence-corrected chi connectivity index (χ4v) is 4.44. The Balaban J connectivity index is 1.29. The van der Waals surface area contributed by atoms with Crippen LogP contribution >= 0.6 is 11.3 Å². The zero-order valence-electron chi connectivity index (χ0n) is 15.6. The van der Waals surface area contributed by atoms with Crippen molar-refractivity contribution in [2.45, 2.75) is 12.8 Å². The van der Waals surface area contributed by atoms with Gasteiger partial charge in [-0.3, -0.25) is 14.5 Å². The Bertz CT molecular complexity index is 1040. The molecule has 2 N–H and O–H groups in total. The van der Waals surface area contributed by atoms with Crippen LogP contribution in [0.4, 0.5) is 9.52 Å². The zero-order chi connectivity index (χ0) is 20.4. The van der Waals surface area contributed by atoms with Gasteiger partial charge in [0.05, 0.1) is 16.8 Å². The van der Waals surface area contributed by atoms with Gasteiger partial charge in [-0.1, -0.05) is 11.3 Å². The maximum atomic E-state index is 13.3. The minimum atomic E-state index is -0.330. The average molecular weight is 413 g/mol. The van der Waals surface area contributed by atoms with E-state index in [0.29, 0.717) is 46.8 Å². The number of rotatable bonds is 5. The molecule has 4 rings (SSSR count). The molecule has 3 aromatic rings. The van der Waals surface area contributed by atoms with E-state index in [1.54, 1.807) is 18.2 Å². The van der Waals surface area contributed by atoms with Gasteiger partial charge >= 0.3 is 0 Å². The van der Waals surface area contributed by atoms with Gasteiger partial charge in [0, 0.05) is 11.5 Å². The first-order chi connectivity index (χ1) is 14.0. The predicted octanol–water partition coefficient (Wildman–Crippen LogP) is 3.67. The molecule has 150 valence electrons. The van der Waals surface area contributed by atoms with Crippen molar-refractivity contribution in [1.29, 1.82) is 0 Å². The summed E-state index contributed by atoms with van der Waals surface area (Å²) in [5, 5.41) is 12.6. The number of aromatic nitrogens is 1. The van der Waals surface area contributed by atoms with Gasteiger partial charge in [-0.25, -0.2) is 9.37 Å². The number of phenols is 1. The molecule has 29 heavy (non-hydrogen) atoms. The lowest BCUT2D eigenvalue weighted by molar-refractivity contribution is -0.117. The van der Waals surface area contributed by atoms with Gasteiger partial charge in [0.25, 0.3) is 0 Å². The number of ketones is 1. The molecular formula is C21H20FN3O3S. The van der Waals surface area contributed by atoms with Crippen molar-refractivity contribution in [3.8, 4) is 5.75 Å². The summed E-state index contributed by atoms with van der Waals surface area (Å²) in [5.41, 5.74) is 1.26. The van der Waals surface area contributed by atoms with Crippen LogP contribution < -0.4 is 5.32 Å². The lowest BCUT2D eigenvalue weighted by Crippen LogP contribution is -2.40. The van der Waals surface area contributed by atoms with E-state index in [1.165, 1.54) is 35.6 Å². The number of piperidine rings is 1. The fourth-order valence-electron chi connectivity index (χ4n) is 3.53. The van der Waals surface area contributed by atoms with Crippen molar-refractivity contribution in [3.63, 3.8) is 0 Å². The second kappa shape index (κ2) is 8.26. The number of nitrogens with zero attached hydrogens (tertiary/aromatic N) is 2. The molecule has 2 heterocycles. The summed E-state index contributed by atoms with van der Waals surface area (Å²) in [4.78, 5) is 31.2. The molecule has 6 nitrogen and oxygen atoms in total. The highest BCUT2D eigenvalue weighted by Crippen LogP contribution is 2.27. The lowest BCUT2D eigenvalue weighted by Gasteiger charge is -2.30. The van der Waals surface area contributed by atoms with Gasteiger partial charge in [-0.2, -0.15) is 0 Å². The van der Waals surface area contributed by atoms with Crippen LogP contribution in [0.2, 0.25) is 0 Å². The summed E-state index contributed by atoms with van der Waals surface area (Å²) >= 11 is 1.24. The van der Waals surface area contributed by atoms with Crippen molar-refractivity contribution in [1.82, 2.24) is 9.88 Å². The molecule has 1 saturated heterocycles. The minimum absolute atomic E-state index is 0.0713. The Labute approximate surface area is 171 Å². The number of aromatic hydroxyl groups is 1. The number of hydrogen-bond donors (Lipinski definition) is 2. The van der Waals surface area contributed by atoms with Crippen LogP contribution in [0.15, 0.2) is 42.5 Å². The molecule has 8 heteroatoms. The average Bonchev–Trinajstić information content (AvgIpc) is 3.09. The number of anilines is 1. The van der Waals surface area contributed by atoms with Crippen LogP contribution in [0.3, 0.4) is 0 Å². The third kappa shape index (κ3) is 4.60. The number of amides is 1. The van der Waals surface area contributed by atoms with E-state index >= 15 is 0 Å². The van der Waals surface area contributed by atoms with E-state index in [9.17, 15) is 19.1 Å². The summed E-state index contributed by atoms with van der Waals surface area (Å²) in [6.45, 7) is 1.55. The largest absolute Gasteiger partial charge is 0.508 e. The lowest BCUT2D eigenvalue weighted by atomic mass is 9.89. The first-order valence-electron chi connectivity index (χ1n) is 9.39. The second-order valence-electron chi connectivity index (χ2n) is 7.14. The van der Waals surface area contributed by atoms with E-state index in [1.807, 2.05) is 4.90 Å². The second-order valence-corrected chi connectivity index (χ2v) is 8.17. The Hall–Kier alpha value is -2.84. The van der Waals surface area contributed by atoms with Gasteiger partial charge in [0.1, 0.15) is 11.6 Å². The zero-order valence-corrected chi connectivity index (χ0v) is 16.4. The summed E-state index contributed by atoms with van der Waals surface area (Å²) in [6, 6.07) is 10.7. The van der Waals surface area contributed by atoms with Crippen LogP contribution in [-0.4, -0.2) is 46.3 Å². The number of Topliss-reactive ketones (excluding diaryl/α,β-unsaturated/α-hetero) is 1. The molecule has 1 fully saturated rings. The SMILES string of the molecule is O=C(CN1CCC(C(=O)c2ccc(O)cc2)CC1)Nc1nc2ccc(F)cc2s1. The molecule has 1 aliphatic rings. The number of nitrogens with one attached hydrogen (secondary N) is 1. The van der Waals surface area contributed by atoms with Crippen LogP contribution in [0.5, 0.6) is 5.75 Å². The number of likely N-dealkylation sites (tertiary alicyclic amines) is 1. The summed E-state index contributed by atoms with van der Waals surface area (Å²) in [5.74, 6) is -0.356. The van der Waals surface area contributed by atoms with E-state index in [0.717, 1.165) is 0 Å². The van der Waals surface area contributed by atoms with E-state index < -0.39 is 0 Å². The van der Waals surface area contributed by atoms with Crippen molar-refractivity contribution >= 4 is 38.4 Å².